The minimum absolute atomic E-state index is 0.390. The molecule has 2 aromatic heterocycles. The van der Waals surface area contributed by atoms with Crippen molar-refractivity contribution in [2.45, 2.75) is 0 Å². The van der Waals surface area contributed by atoms with Crippen LogP contribution in [0.2, 0.25) is 0 Å². The summed E-state index contributed by atoms with van der Waals surface area (Å²) in [5.74, 6) is 0.0945. The molecule has 4 nitrogen and oxygen atoms in total. The highest BCUT2D eigenvalue weighted by Crippen LogP contribution is 2.12. The van der Waals surface area contributed by atoms with Gasteiger partial charge in [-0.3, -0.25) is 9.97 Å². The van der Waals surface area contributed by atoms with Gasteiger partial charge in [-0.05, 0) is 12.1 Å². The van der Waals surface area contributed by atoms with Crippen LogP contribution in [0.3, 0.4) is 0 Å². The van der Waals surface area contributed by atoms with Crippen molar-refractivity contribution < 1.29 is 9.53 Å². The maximum Gasteiger partial charge on any atom is 0.355 e. The van der Waals surface area contributed by atoms with Gasteiger partial charge in [-0.2, -0.15) is 0 Å². The number of hydrogen-bond acceptors (Lipinski definition) is 5. The van der Waals surface area contributed by atoms with Crippen LogP contribution >= 0.6 is 11.3 Å². The zero-order chi connectivity index (χ0) is 9.80. The molecule has 0 unspecified atom stereocenters. The summed E-state index contributed by atoms with van der Waals surface area (Å²) in [6.07, 6.45) is 4.61. The van der Waals surface area contributed by atoms with E-state index in [0.717, 1.165) is 0 Å². The van der Waals surface area contributed by atoms with Crippen LogP contribution in [-0.2, 0) is 0 Å². The van der Waals surface area contributed by atoms with Crippen molar-refractivity contribution in [1.29, 1.82) is 0 Å². The highest BCUT2D eigenvalue weighted by atomic mass is 32.1. The molecule has 0 aliphatic rings. The fourth-order valence-electron chi connectivity index (χ4n) is 0.880. The van der Waals surface area contributed by atoms with Gasteiger partial charge in [0.2, 0.25) is 0 Å². The van der Waals surface area contributed by atoms with Gasteiger partial charge >= 0.3 is 5.97 Å². The first kappa shape index (κ1) is 8.83. The van der Waals surface area contributed by atoms with Crippen molar-refractivity contribution in [3.8, 4) is 5.75 Å². The Balaban J connectivity index is 2.10. The molecule has 2 heterocycles. The van der Waals surface area contributed by atoms with E-state index in [1.165, 1.54) is 17.5 Å². The monoisotopic (exact) mass is 206 g/mol. The van der Waals surface area contributed by atoms with Gasteiger partial charge in [-0.15, -0.1) is 11.3 Å². The Bertz CT molecular complexity index is 414. The highest BCUT2D eigenvalue weighted by Gasteiger charge is 2.09. The van der Waals surface area contributed by atoms with Gasteiger partial charge in [0.25, 0.3) is 0 Å². The molecule has 70 valence electrons. The van der Waals surface area contributed by atoms with Gasteiger partial charge < -0.3 is 4.74 Å². The summed E-state index contributed by atoms with van der Waals surface area (Å²) in [6.45, 7) is 0. The number of thiazole rings is 1. The fraction of sp³-hybridized carbons (Fsp3) is 0. The molecule has 0 saturated heterocycles. The minimum atomic E-state index is -0.390. The number of nitrogens with zero attached hydrogens (tertiary/aromatic N) is 2. The lowest BCUT2D eigenvalue weighted by Gasteiger charge is -1.99. The number of esters is 1. The first-order valence-corrected chi connectivity index (χ1v) is 4.75. The van der Waals surface area contributed by atoms with E-state index >= 15 is 0 Å². The van der Waals surface area contributed by atoms with Crippen molar-refractivity contribution in [1.82, 2.24) is 9.97 Å². The molecule has 0 saturated carbocycles. The van der Waals surface area contributed by atoms with Gasteiger partial charge in [0.05, 0.1) is 11.7 Å². The molecule has 0 atom stereocenters. The molecule has 0 fully saturated rings. The predicted octanol–water partition coefficient (Wildman–Crippen LogP) is 1.76. The number of rotatable bonds is 2. The molecule has 0 N–H and O–H groups in total. The second-order valence-electron chi connectivity index (χ2n) is 2.44. The van der Waals surface area contributed by atoms with Crippen LogP contribution in [0.25, 0.3) is 0 Å². The second-order valence-corrected chi connectivity index (χ2v) is 3.32. The van der Waals surface area contributed by atoms with Gasteiger partial charge in [0.15, 0.2) is 0 Å². The van der Waals surface area contributed by atoms with Crippen LogP contribution in [0.5, 0.6) is 5.75 Å². The zero-order valence-corrected chi connectivity index (χ0v) is 7.90. The molecule has 0 aliphatic carbocycles. The van der Waals surface area contributed by atoms with E-state index in [9.17, 15) is 4.79 Å². The lowest BCUT2D eigenvalue weighted by Crippen LogP contribution is -2.06. The molecule has 0 amide bonds. The molecule has 0 radical (unpaired) electrons. The molecule has 2 aromatic rings. The van der Waals surface area contributed by atoms with Crippen molar-refractivity contribution in [2.75, 3.05) is 0 Å². The van der Waals surface area contributed by atoms with Gasteiger partial charge in [0, 0.05) is 12.4 Å². The van der Waals surface area contributed by atoms with E-state index in [2.05, 4.69) is 9.97 Å². The summed E-state index contributed by atoms with van der Waals surface area (Å²) < 4.78 is 5.05. The van der Waals surface area contributed by atoms with Crippen LogP contribution in [0.15, 0.2) is 36.2 Å². The second kappa shape index (κ2) is 3.97. The summed E-state index contributed by atoms with van der Waals surface area (Å²) >= 11 is 1.25. The van der Waals surface area contributed by atoms with Crippen molar-refractivity contribution >= 4 is 17.3 Å². The summed E-state index contributed by atoms with van der Waals surface area (Å²) in [6, 6.07) is 3.25. The number of carbonyl (C=O) groups excluding carboxylic acids is 1. The van der Waals surface area contributed by atoms with Gasteiger partial charge in [-0.1, -0.05) is 0 Å². The molecule has 0 aromatic carbocycles. The number of hydrogen-bond donors (Lipinski definition) is 0. The molecule has 0 bridgehead atoms. The van der Waals surface area contributed by atoms with E-state index in [4.69, 9.17) is 4.74 Å². The molecule has 2 rings (SSSR count). The zero-order valence-electron chi connectivity index (χ0n) is 7.08. The number of ether oxygens (including phenoxy) is 1. The third-order valence-corrected chi connectivity index (χ3v) is 2.25. The quantitative estimate of drug-likeness (QED) is 0.702. The lowest BCUT2D eigenvalue weighted by molar-refractivity contribution is 0.0739. The Hall–Kier alpha value is -1.75. The molecule has 0 spiro atoms. The Morgan fingerprint density at radius 1 is 1.29 bits per heavy atom. The SMILES string of the molecule is O=C(Oc1ccncc1)c1cncs1. The van der Waals surface area contributed by atoms with Crippen LogP contribution < -0.4 is 4.74 Å². The minimum Gasteiger partial charge on any atom is -0.422 e. The van der Waals surface area contributed by atoms with Crippen LogP contribution in [-0.4, -0.2) is 15.9 Å². The maximum atomic E-state index is 11.4. The Labute approximate surface area is 84.2 Å². The summed E-state index contributed by atoms with van der Waals surface area (Å²) in [5.41, 5.74) is 1.59. The highest BCUT2D eigenvalue weighted by molar-refractivity contribution is 7.11. The topological polar surface area (TPSA) is 52.1 Å². The third-order valence-electron chi connectivity index (χ3n) is 1.49. The third kappa shape index (κ3) is 1.94. The number of carbonyl (C=O) groups is 1. The summed E-state index contributed by atoms with van der Waals surface area (Å²) in [5, 5.41) is 0. The summed E-state index contributed by atoms with van der Waals surface area (Å²) in [4.78, 5) is 19.5. The fourth-order valence-corrected chi connectivity index (χ4v) is 1.38. The molecular weight excluding hydrogens is 200 g/mol. The Morgan fingerprint density at radius 3 is 2.71 bits per heavy atom. The first-order valence-electron chi connectivity index (χ1n) is 3.87. The van der Waals surface area contributed by atoms with Crippen molar-refractivity contribution in [3.05, 3.63) is 41.1 Å². The van der Waals surface area contributed by atoms with E-state index in [1.807, 2.05) is 0 Å². The standard InChI is InChI=1S/C9H6N2O2S/c12-9(8-5-11-6-14-8)13-7-1-3-10-4-2-7/h1-6H. The predicted molar refractivity (Wildman–Crippen MR) is 51.3 cm³/mol. The van der Waals surface area contributed by atoms with Crippen molar-refractivity contribution in [2.24, 2.45) is 0 Å². The maximum absolute atomic E-state index is 11.4. The van der Waals surface area contributed by atoms with E-state index in [-0.39, 0.29) is 0 Å². The smallest absolute Gasteiger partial charge is 0.355 e. The molecule has 5 heteroatoms. The Morgan fingerprint density at radius 2 is 2.07 bits per heavy atom. The largest absolute Gasteiger partial charge is 0.422 e. The molecule has 14 heavy (non-hydrogen) atoms. The Kier molecular flexibility index (Phi) is 2.51. The van der Waals surface area contributed by atoms with Crippen LogP contribution in [0.4, 0.5) is 0 Å². The van der Waals surface area contributed by atoms with E-state index in [1.54, 1.807) is 30.0 Å². The van der Waals surface area contributed by atoms with E-state index in [0.29, 0.717) is 10.6 Å². The van der Waals surface area contributed by atoms with Crippen molar-refractivity contribution in [3.63, 3.8) is 0 Å². The average Bonchev–Trinajstić information content (AvgIpc) is 2.72. The van der Waals surface area contributed by atoms with Crippen LogP contribution in [0, 0.1) is 0 Å². The number of pyridine rings is 1. The number of aromatic nitrogens is 2. The average molecular weight is 206 g/mol. The lowest BCUT2D eigenvalue weighted by atomic mass is 10.4. The van der Waals surface area contributed by atoms with E-state index < -0.39 is 5.97 Å². The summed E-state index contributed by atoms with van der Waals surface area (Å²) in [7, 11) is 0. The first-order chi connectivity index (χ1) is 6.86. The molecular formula is C9H6N2O2S. The molecule has 0 aliphatic heterocycles. The normalized spacial score (nSPS) is 9.71. The van der Waals surface area contributed by atoms with Gasteiger partial charge in [0.1, 0.15) is 10.6 Å². The van der Waals surface area contributed by atoms with Crippen LogP contribution in [0.1, 0.15) is 9.67 Å². The van der Waals surface area contributed by atoms with Gasteiger partial charge in [-0.25, -0.2) is 4.79 Å².